The van der Waals surface area contributed by atoms with Crippen LogP contribution in [0.15, 0.2) is 16.2 Å². The maximum absolute atomic E-state index is 15.4. The average Bonchev–Trinajstić information content (AvgIpc) is 3.70. The Morgan fingerprint density at radius 3 is 2.40 bits per heavy atom. The number of aryl methyl sites for hydroxylation is 1. The van der Waals surface area contributed by atoms with E-state index < -0.39 is 53.4 Å². The van der Waals surface area contributed by atoms with Crippen LogP contribution in [0.2, 0.25) is 18.1 Å². The van der Waals surface area contributed by atoms with Crippen molar-refractivity contribution in [1.82, 2.24) is 14.4 Å². The van der Waals surface area contributed by atoms with Gasteiger partial charge < -0.3 is 24.1 Å². The Hall–Kier alpha value is -3.04. The van der Waals surface area contributed by atoms with Gasteiger partial charge in [0.05, 0.1) is 30.2 Å². The molecule has 0 radical (unpaired) electrons. The van der Waals surface area contributed by atoms with Crippen molar-refractivity contribution in [2.75, 3.05) is 51.9 Å². The van der Waals surface area contributed by atoms with E-state index in [-0.39, 0.29) is 34.2 Å². The van der Waals surface area contributed by atoms with Gasteiger partial charge in [0.15, 0.2) is 19.7 Å². The number of Topliss-reactive ketones (excluding diaryl/α,β-unsaturated/α-hetero) is 2. The summed E-state index contributed by atoms with van der Waals surface area (Å²) in [6.07, 6.45) is 2.51. The van der Waals surface area contributed by atoms with Gasteiger partial charge in [-0.05, 0) is 83.2 Å². The van der Waals surface area contributed by atoms with Crippen molar-refractivity contribution in [2.45, 2.75) is 90.1 Å². The average molecular weight is 729 g/mol. The number of aromatic nitrogens is 1. The molecule has 6 rings (SSSR count). The number of ketones is 2. The summed E-state index contributed by atoms with van der Waals surface area (Å²) >= 11 is 0. The molecular formula is C36H52N4O8SSi. The van der Waals surface area contributed by atoms with Crippen LogP contribution in [0, 0.1) is 25.7 Å². The van der Waals surface area contributed by atoms with E-state index in [4.69, 9.17) is 13.7 Å². The first kappa shape index (κ1) is 36.7. The smallest absolute Gasteiger partial charge is 0.215 e. The van der Waals surface area contributed by atoms with Gasteiger partial charge in [-0.3, -0.25) is 14.5 Å². The summed E-state index contributed by atoms with van der Waals surface area (Å²) < 4.78 is 46.2. The number of fused-ring (bicyclic) bond motifs is 4. The van der Waals surface area contributed by atoms with Gasteiger partial charge in [0, 0.05) is 54.0 Å². The van der Waals surface area contributed by atoms with Gasteiger partial charge in [0.25, 0.3) is 0 Å². The second-order valence-electron chi connectivity index (χ2n) is 16.1. The quantitative estimate of drug-likeness (QED) is 0.251. The van der Waals surface area contributed by atoms with Crippen LogP contribution in [-0.4, -0.2) is 100.0 Å². The van der Waals surface area contributed by atoms with Gasteiger partial charge >= 0.3 is 0 Å². The topological polar surface area (TPSA) is 152 Å². The molecule has 1 aromatic carbocycles. The fourth-order valence-electron chi connectivity index (χ4n) is 8.30. The van der Waals surface area contributed by atoms with Gasteiger partial charge in [-0.25, -0.2) is 12.7 Å². The number of nitrogens with one attached hydrogen (secondary N) is 1. The molecule has 1 saturated heterocycles. The summed E-state index contributed by atoms with van der Waals surface area (Å²) in [5.74, 6) is -1.30. The minimum Gasteiger partial charge on any atom is -0.507 e. The highest BCUT2D eigenvalue weighted by Crippen LogP contribution is 2.58. The number of ether oxygens (including phenoxy) is 1. The molecule has 2 aromatic rings. The number of rotatable bonds is 9. The monoisotopic (exact) mass is 728 g/mol. The molecule has 50 heavy (non-hydrogen) atoms. The second-order valence-corrected chi connectivity index (χ2v) is 22.9. The minimum atomic E-state index is -3.41. The van der Waals surface area contributed by atoms with E-state index in [0.717, 1.165) is 18.4 Å². The van der Waals surface area contributed by atoms with Crippen LogP contribution >= 0.6 is 0 Å². The van der Waals surface area contributed by atoms with Crippen LogP contribution in [-0.2, 0) is 25.7 Å². The zero-order valence-electron chi connectivity index (χ0n) is 31.0. The molecule has 0 amide bonds. The van der Waals surface area contributed by atoms with Crippen LogP contribution < -0.4 is 10.1 Å². The van der Waals surface area contributed by atoms with Crippen molar-refractivity contribution in [3.05, 3.63) is 45.3 Å². The fourth-order valence-corrected chi connectivity index (χ4v) is 11.2. The number of nitrogens with zero attached hydrogens (tertiary/aromatic N) is 3. The van der Waals surface area contributed by atoms with Crippen LogP contribution in [0.5, 0.6) is 5.75 Å². The summed E-state index contributed by atoms with van der Waals surface area (Å²) in [5.41, 5.74) is 1.46. The Bertz CT molecular complexity index is 1870. The summed E-state index contributed by atoms with van der Waals surface area (Å²) in [7, 11) is -0.846. The van der Waals surface area contributed by atoms with E-state index in [1.54, 1.807) is 14.0 Å². The molecule has 1 aliphatic heterocycles. The van der Waals surface area contributed by atoms with Crippen LogP contribution in [0.4, 0.5) is 5.69 Å². The van der Waals surface area contributed by atoms with Gasteiger partial charge in [0.2, 0.25) is 21.6 Å². The number of methoxy groups -OCH3 is 1. The summed E-state index contributed by atoms with van der Waals surface area (Å²) in [4.78, 5) is 32.3. The number of hydrogen-bond donors (Lipinski definition) is 2. The standard InChI is InChI=1S/C36H52N4O8SSi/c1-20-25(37-13-16-49(44,45)40-14-11-12-15-40)19-26(46-8)23-17-22-18-24-30(39(6)7)32-28(21(2)38-47-32)33(42)36(24,48-50(9,10)35(3,4)5)34(43)29(22)31(41)27(20)23/h19,22,24,30,37,41H,11-18H2,1-10H3/t22-,24-,30-,36+/m0/s1. The molecule has 2 heterocycles. The van der Waals surface area contributed by atoms with Crippen LogP contribution in [0.3, 0.4) is 0 Å². The summed E-state index contributed by atoms with van der Waals surface area (Å²) in [5, 5.41) is 19.4. The van der Waals surface area contributed by atoms with E-state index in [1.807, 2.05) is 45.1 Å². The summed E-state index contributed by atoms with van der Waals surface area (Å²) in [6.45, 7) is 15.1. The van der Waals surface area contributed by atoms with E-state index >= 15 is 4.79 Å². The van der Waals surface area contributed by atoms with E-state index in [1.165, 1.54) is 4.31 Å². The van der Waals surface area contributed by atoms with Crippen molar-refractivity contribution in [3.8, 4) is 5.75 Å². The molecule has 2 fully saturated rings. The molecule has 4 aliphatic rings. The van der Waals surface area contributed by atoms with E-state index in [9.17, 15) is 18.3 Å². The largest absolute Gasteiger partial charge is 0.507 e. The number of carbonyl (C=O) groups excluding carboxylic acids is 2. The van der Waals surface area contributed by atoms with Gasteiger partial charge in [-0.2, -0.15) is 0 Å². The maximum atomic E-state index is 15.4. The zero-order chi connectivity index (χ0) is 36.7. The number of sulfonamides is 1. The molecule has 0 unspecified atom stereocenters. The van der Waals surface area contributed by atoms with Crippen molar-refractivity contribution in [1.29, 1.82) is 0 Å². The normalized spacial score (nSPS) is 25.8. The molecule has 12 nitrogen and oxygen atoms in total. The first-order valence-electron chi connectivity index (χ1n) is 17.6. The number of hydrogen-bond acceptors (Lipinski definition) is 11. The van der Waals surface area contributed by atoms with E-state index in [0.29, 0.717) is 59.9 Å². The Labute approximate surface area is 296 Å². The SMILES string of the molecule is COc1cc(NCCS(=O)(=O)N2CCCC2)c(C)c2c1C[C@H]1C[C@H]3[C@H](N(C)C)c4onc(C)c4C(=O)[C@@]3(O[Si](C)(C)C(C)(C)C)C(=O)C1=C2O. The second kappa shape index (κ2) is 12.6. The Balaban J connectivity index is 1.48. The number of aliphatic hydroxyl groups excluding tert-OH is 1. The van der Waals surface area contributed by atoms with E-state index in [2.05, 4.69) is 31.2 Å². The lowest BCUT2D eigenvalue weighted by molar-refractivity contribution is -0.140. The van der Waals surface area contributed by atoms with Crippen molar-refractivity contribution < 1.29 is 36.8 Å². The number of benzene rings is 1. The first-order valence-corrected chi connectivity index (χ1v) is 22.1. The predicted molar refractivity (Wildman–Crippen MR) is 194 cm³/mol. The molecule has 4 atom stereocenters. The third-order valence-electron chi connectivity index (χ3n) is 11.9. The minimum absolute atomic E-state index is 0.0758. The predicted octanol–water partition coefficient (Wildman–Crippen LogP) is 5.43. The van der Waals surface area contributed by atoms with Crippen molar-refractivity contribution in [2.24, 2.45) is 11.8 Å². The van der Waals surface area contributed by atoms with Crippen LogP contribution in [0.25, 0.3) is 5.76 Å². The Morgan fingerprint density at radius 2 is 1.80 bits per heavy atom. The number of aliphatic hydroxyl groups is 1. The molecule has 1 aromatic heterocycles. The lowest BCUT2D eigenvalue weighted by Crippen LogP contribution is -2.68. The molecule has 3 aliphatic carbocycles. The highest BCUT2D eigenvalue weighted by atomic mass is 32.2. The summed E-state index contributed by atoms with van der Waals surface area (Å²) in [6, 6.07) is 1.36. The Morgan fingerprint density at radius 1 is 1.14 bits per heavy atom. The Kier molecular flexibility index (Phi) is 9.24. The van der Waals surface area contributed by atoms with Crippen molar-refractivity contribution in [3.63, 3.8) is 0 Å². The lowest BCUT2D eigenvalue weighted by atomic mass is 9.57. The lowest BCUT2D eigenvalue weighted by Gasteiger charge is -2.55. The molecule has 14 heteroatoms. The molecule has 0 spiro atoms. The third-order valence-corrected chi connectivity index (χ3v) is 18.2. The van der Waals surface area contributed by atoms with Gasteiger partial charge in [-0.1, -0.05) is 25.9 Å². The molecular weight excluding hydrogens is 677 g/mol. The van der Waals surface area contributed by atoms with Crippen molar-refractivity contribution >= 4 is 41.4 Å². The maximum Gasteiger partial charge on any atom is 0.215 e. The van der Waals surface area contributed by atoms with Gasteiger partial charge in [0.1, 0.15) is 11.5 Å². The molecule has 2 N–H and O–H groups in total. The molecule has 1 saturated carbocycles. The first-order chi connectivity index (χ1) is 23.3. The molecule has 0 bridgehead atoms. The number of carbonyl (C=O) groups is 2. The molecule has 274 valence electrons. The highest BCUT2D eigenvalue weighted by molar-refractivity contribution is 7.89. The van der Waals surface area contributed by atoms with Gasteiger partial charge in [-0.15, -0.1) is 0 Å². The highest BCUT2D eigenvalue weighted by Gasteiger charge is 2.68. The van der Waals surface area contributed by atoms with Crippen LogP contribution in [0.1, 0.15) is 84.6 Å². The fraction of sp³-hybridized carbons (Fsp3) is 0.639. The zero-order valence-corrected chi connectivity index (χ0v) is 32.8. The third kappa shape index (κ3) is 5.56. The number of anilines is 1.